The topological polar surface area (TPSA) is 43.0 Å². The first-order valence-corrected chi connectivity index (χ1v) is 6.76. The predicted molar refractivity (Wildman–Crippen MR) is 78.6 cm³/mol. The Balaban J connectivity index is 1.81. The Morgan fingerprint density at radius 2 is 2.00 bits per heavy atom. The normalized spacial score (nSPS) is 10.8. The number of aromatic nitrogens is 2. The molecule has 2 heterocycles. The number of nitrogens with one attached hydrogen (secondary N) is 1. The number of furan rings is 1. The van der Waals surface area contributed by atoms with Gasteiger partial charge in [-0.25, -0.2) is 4.68 Å². The van der Waals surface area contributed by atoms with Crippen molar-refractivity contribution in [3.05, 3.63) is 60.6 Å². The van der Waals surface area contributed by atoms with E-state index >= 15 is 0 Å². The minimum absolute atomic E-state index is 0.753. The number of nitrogens with zero attached hydrogens (tertiary/aromatic N) is 2. The van der Waals surface area contributed by atoms with Gasteiger partial charge in [0.2, 0.25) is 0 Å². The molecule has 0 aliphatic heterocycles. The molecule has 0 aliphatic carbocycles. The second kappa shape index (κ2) is 5.75. The van der Waals surface area contributed by atoms with Crippen LogP contribution in [0.1, 0.15) is 12.7 Å². The minimum atomic E-state index is 0.753. The summed E-state index contributed by atoms with van der Waals surface area (Å²) in [6, 6.07) is 14.0. The molecule has 102 valence electrons. The molecular formula is C16H17N3O. The molecular weight excluding hydrogens is 250 g/mol. The first-order valence-electron chi connectivity index (χ1n) is 6.76. The number of hydrogen-bond donors (Lipinski definition) is 1. The van der Waals surface area contributed by atoms with Gasteiger partial charge in [-0.1, -0.05) is 25.1 Å². The van der Waals surface area contributed by atoms with Gasteiger partial charge in [-0.05, 0) is 30.8 Å². The fourth-order valence-electron chi connectivity index (χ4n) is 2.05. The van der Waals surface area contributed by atoms with Crippen molar-refractivity contribution in [2.75, 3.05) is 6.54 Å². The first kappa shape index (κ1) is 12.7. The molecule has 4 heteroatoms. The fourth-order valence-corrected chi connectivity index (χ4v) is 2.05. The molecule has 0 amide bonds. The summed E-state index contributed by atoms with van der Waals surface area (Å²) in [6.07, 6.45) is 3.80. The molecule has 0 saturated carbocycles. The van der Waals surface area contributed by atoms with Crippen LogP contribution in [-0.4, -0.2) is 16.3 Å². The molecule has 0 radical (unpaired) electrons. The van der Waals surface area contributed by atoms with E-state index in [9.17, 15) is 0 Å². The van der Waals surface area contributed by atoms with Gasteiger partial charge in [-0.2, -0.15) is 5.10 Å². The monoisotopic (exact) mass is 267 g/mol. The van der Waals surface area contributed by atoms with Gasteiger partial charge in [-0.15, -0.1) is 0 Å². The van der Waals surface area contributed by atoms with E-state index in [1.54, 1.807) is 0 Å². The number of hydrogen-bond acceptors (Lipinski definition) is 3. The molecule has 0 saturated heterocycles. The van der Waals surface area contributed by atoms with Crippen molar-refractivity contribution in [3.8, 4) is 17.0 Å². The highest BCUT2D eigenvalue weighted by atomic mass is 16.3. The molecule has 1 aromatic carbocycles. The van der Waals surface area contributed by atoms with Crippen LogP contribution in [0.25, 0.3) is 17.0 Å². The van der Waals surface area contributed by atoms with Crippen LogP contribution >= 0.6 is 0 Å². The van der Waals surface area contributed by atoms with Crippen LogP contribution in [0.3, 0.4) is 0 Å². The standard InChI is InChI=1S/C16H17N3O/c1-2-17-11-15-8-9-16(20-15)13-10-18-19(12-13)14-6-4-3-5-7-14/h3-10,12,17H,2,11H2,1H3. The highest BCUT2D eigenvalue weighted by Gasteiger charge is 2.07. The largest absolute Gasteiger partial charge is 0.460 e. The van der Waals surface area contributed by atoms with Crippen molar-refractivity contribution in [1.29, 1.82) is 0 Å². The summed E-state index contributed by atoms with van der Waals surface area (Å²) in [6.45, 7) is 3.76. The molecule has 3 aromatic rings. The van der Waals surface area contributed by atoms with Gasteiger partial charge in [0.25, 0.3) is 0 Å². The van der Waals surface area contributed by atoms with Crippen LogP contribution in [0.15, 0.2) is 59.3 Å². The van der Waals surface area contributed by atoms with E-state index in [-0.39, 0.29) is 0 Å². The number of para-hydroxylation sites is 1. The Morgan fingerprint density at radius 3 is 2.80 bits per heavy atom. The third-order valence-electron chi connectivity index (χ3n) is 3.10. The molecule has 2 aromatic heterocycles. The van der Waals surface area contributed by atoms with Gasteiger partial charge in [0.1, 0.15) is 11.5 Å². The van der Waals surface area contributed by atoms with Gasteiger partial charge in [0.15, 0.2) is 0 Å². The smallest absolute Gasteiger partial charge is 0.137 e. The van der Waals surface area contributed by atoms with Crippen LogP contribution in [0, 0.1) is 0 Å². The lowest BCUT2D eigenvalue weighted by molar-refractivity contribution is 0.498. The van der Waals surface area contributed by atoms with E-state index < -0.39 is 0 Å². The van der Waals surface area contributed by atoms with Crippen molar-refractivity contribution in [1.82, 2.24) is 15.1 Å². The molecule has 1 N–H and O–H groups in total. The molecule has 3 rings (SSSR count). The maximum atomic E-state index is 5.81. The third kappa shape index (κ3) is 2.65. The zero-order valence-electron chi connectivity index (χ0n) is 11.4. The van der Waals surface area contributed by atoms with Gasteiger partial charge < -0.3 is 9.73 Å². The summed E-state index contributed by atoms with van der Waals surface area (Å²) >= 11 is 0. The maximum absolute atomic E-state index is 5.81. The molecule has 0 unspecified atom stereocenters. The van der Waals surface area contributed by atoms with E-state index in [1.165, 1.54) is 0 Å². The summed E-state index contributed by atoms with van der Waals surface area (Å²) in [7, 11) is 0. The van der Waals surface area contributed by atoms with Crippen molar-refractivity contribution in [2.24, 2.45) is 0 Å². The first-order chi connectivity index (χ1) is 9.86. The van der Waals surface area contributed by atoms with E-state index in [0.29, 0.717) is 0 Å². The van der Waals surface area contributed by atoms with Crippen molar-refractivity contribution in [2.45, 2.75) is 13.5 Å². The van der Waals surface area contributed by atoms with Crippen molar-refractivity contribution in [3.63, 3.8) is 0 Å². The lowest BCUT2D eigenvalue weighted by Gasteiger charge is -1.99. The van der Waals surface area contributed by atoms with Crippen LogP contribution < -0.4 is 5.32 Å². The molecule has 0 spiro atoms. The SMILES string of the molecule is CCNCc1ccc(-c2cnn(-c3ccccc3)c2)o1. The molecule has 0 fully saturated rings. The average Bonchev–Trinajstić information content (AvgIpc) is 3.15. The highest BCUT2D eigenvalue weighted by Crippen LogP contribution is 2.22. The van der Waals surface area contributed by atoms with Gasteiger partial charge in [-0.3, -0.25) is 0 Å². The second-order valence-corrected chi connectivity index (χ2v) is 4.56. The fraction of sp³-hybridized carbons (Fsp3) is 0.188. The van der Waals surface area contributed by atoms with Crippen LogP contribution in [0.2, 0.25) is 0 Å². The Hall–Kier alpha value is -2.33. The molecule has 20 heavy (non-hydrogen) atoms. The summed E-state index contributed by atoms with van der Waals surface area (Å²) in [5, 5.41) is 7.62. The van der Waals surface area contributed by atoms with Gasteiger partial charge in [0, 0.05) is 6.20 Å². The van der Waals surface area contributed by atoms with E-state index in [4.69, 9.17) is 4.42 Å². The van der Waals surface area contributed by atoms with Crippen LogP contribution in [0.5, 0.6) is 0 Å². The molecule has 0 aliphatic rings. The lowest BCUT2D eigenvalue weighted by Crippen LogP contribution is -2.10. The molecule has 4 nitrogen and oxygen atoms in total. The second-order valence-electron chi connectivity index (χ2n) is 4.56. The quantitative estimate of drug-likeness (QED) is 0.771. The van der Waals surface area contributed by atoms with Gasteiger partial charge in [0.05, 0.1) is 24.0 Å². The van der Waals surface area contributed by atoms with E-state index in [1.807, 2.05) is 59.5 Å². The Bertz CT molecular complexity index is 670. The van der Waals surface area contributed by atoms with Gasteiger partial charge >= 0.3 is 0 Å². The molecule has 0 bridgehead atoms. The predicted octanol–water partition coefficient (Wildman–Crippen LogP) is 3.24. The Labute approximate surface area is 118 Å². The zero-order valence-corrected chi connectivity index (χ0v) is 11.4. The summed E-state index contributed by atoms with van der Waals surface area (Å²) < 4.78 is 7.65. The molecule has 0 atom stereocenters. The Kier molecular flexibility index (Phi) is 3.65. The van der Waals surface area contributed by atoms with Crippen LogP contribution in [0.4, 0.5) is 0 Å². The highest BCUT2D eigenvalue weighted by molar-refractivity contribution is 5.56. The average molecular weight is 267 g/mol. The van der Waals surface area contributed by atoms with Crippen molar-refractivity contribution < 1.29 is 4.42 Å². The summed E-state index contributed by atoms with van der Waals surface area (Å²) in [5.41, 5.74) is 2.02. The minimum Gasteiger partial charge on any atom is -0.460 e. The van der Waals surface area contributed by atoms with Crippen LogP contribution in [-0.2, 0) is 6.54 Å². The lowest BCUT2D eigenvalue weighted by atomic mass is 10.3. The van der Waals surface area contributed by atoms with E-state index in [0.717, 1.165) is 35.9 Å². The zero-order chi connectivity index (χ0) is 13.8. The van der Waals surface area contributed by atoms with E-state index in [2.05, 4.69) is 17.3 Å². The third-order valence-corrected chi connectivity index (χ3v) is 3.10. The number of benzene rings is 1. The number of rotatable bonds is 5. The maximum Gasteiger partial charge on any atom is 0.137 e. The Morgan fingerprint density at radius 1 is 1.15 bits per heavy atom. The van der Waals surface area contributed by atoms with Crippen molar-refractivity contribution >= 4 is 0 Å². The summed E-state index contributed by atoms with van der Waals surface area (Å²) in [5.74, 6) is 1.79. The summed E-state index contributed by atoms with van der Waals surface area (Å²) in [4.78, 5) is 0.